The zero-order valence-corrected chi connectivity index (χ0v) is 12.0. The number of nitrogens with one attached hydrogen (secondary N) is 1. The van der Waals surface area contributed by atoms with E-state index in [9.17, 15) is 0 Å². The van der Waals surface area contributed by atoms with Crippen molar-refractivity contribution in [2.75, 3.05) is 6.54 Å². The van der Waals surface area contributed by atoms with E-state index in [0.29, 0.717) is 6.04 Å². The Morgan fingerprint density at radius 1 is 1.28 bits per heavy atom. The maximum Gasteiger partial charge on any atom is 0.0438 e. The molecule has 0 aromatic heterocycles. The third-order valence-corrected chi connectivity index (χ3v) is 4.38. The van der Waals surface area contributed by atoms with Gasteiger partial charge in [-0.25, -0.2) is 0 Å². The van der Waals surface area contributed by atoms with Crippen molar-refractivity contribution in [2.45, 2.75) is 51.5 Å². The Morgan fingerprint density at radius 3 is 2.67 bits per heavy atom. The Bertz CT molecular complexity index is 358. The van der Waals surface area contributed by atoms with Gasteiger partial charge in [0.15, 0.2) is 0 Å². The van der Waals surface area contributed by atoms with E-state index < -0.39 is 0 Å². The van der Waals surface area contributed by atoms with Crippen LogP contribution in [0.4, 0.5) is 0 Å². The van der Waals surface area contributed by atoms with Crippen LogP contribution >= 0.6 is 11.6 Å². The number of hydrogen-bond acceptors (Lipinski definition) is 1. The van der Waals surface area contributed by atoms with Gasteiger partial charge in [-0.2, -0.15) is 0 Å². The minimum absolute atomic E-state index is 0.581. The quantitative estimate of drug-likeness (QED) is 0.802. The maximum absolute atomic E-state index is 6.26. The fourth-order valence-corrected chi connectivity index (χ4v) is 3.32. The van der Waals surface area contributed by atoms with E-state index in [1.54, 1.807) is 0 Å². The van der Waals surface area contributed by atoms with Crippen molar-refractivity contribution in [1.29, 1.82) is 0 Å². The van der Waals surface area contributed by atoms with Crippen LogP contribution in [0.15, 0.2) is 24.3 Å². The molecule has 1 aliphatic rings. The van der Waals surface area contributed by atoms with Crippen LogP contribution in [0.25, 0.3) is 0 Å². The van der Waals surface area contributed by atoms with Gasteiger partial charge in [-0.05, 0) is 36.9 Å². The molecule has 1 aromatic carbocycles. The van der Waals surface area contributed by atoms with Gasteiger partial charge in [0.2, 0.25) is 0 Å². The van der Waals surface area contributed by atoms with Gasteiger partial charge in [-0.3, -0.25) is 0 Å². The standard InChI is InChI=1S/C16H24ClN/c1-2-18-15(11-13-7-3-4-8-13)12-14-9-5-6-10-16(14)17/h5-6,9-10,13,15,18H,2-4,7-8,11-12H2,1H3. The average Bonchev–Trinajstić information content (AvgIpc) is 2.85. The summed E-state index contributed by atoms with van der Waals surface area (Å²) in [6.07, 6.45) is 8.06. The van der Waals surface area contributed by atoms with Gasteiger partial charge in [-0.15, -0.1) is 0 Å². The Morgan fingerprint density at radius 2 is 2.00 bits per heavy atom. The van der Waals surface area contributed by atoms with Crippen LogP contribution in [0.3, 0.4) is 0 Å². The normalized spacial score (nSPS) is 18.1. The molecule has 18 heavy (non-hydrogen) atoms. The van der Waals surface area contributed by atoms with E-state index in [-0.39, 0.29) is 0 Å². The van der Waals surface area contributed by atoms with Crippen molar-refractivity contribution < 1.29 is 0 Å². The summed E-state index contributed by atoms with van der Waals surface area (Å²) in [6.45, 7) is 3.23. The highest BCUT2D eigenvalue weighted by molar-refractivity contribution is 6.31. The minimum atomic E-state index is 0.581. The highest BCUT2D eigenvalue weighted by atomic mass is 35.5. The largest absolute Gasteiger partial charge is 0.314 e. The fraction of sp³-hybridized carbons (Fsp3) is 0.625. The molecule has 1 atom stereocenters. The molecule has 0 bridgehead atoms. The van der Waals surface area contributed by atoms with Crippen molar-refractivity contribution in [2.24, 2.45) is 5.92 Å². The molecule has 0 aliphatic heterocycles. The van der Waals surface area contributed by atoms with Gasteiger partial charge in [0, 0.05) is 11.1 Å². The minimum Gasteiger partial charge on any atom is -0.314 e. The third-order valence-electron chi connectivity index (χ3n) is 4.01. The van der Waals surface area contributed by atoms with Crippen LogP contribution in [-0.2, 0) is 6.42 Å². The van der Waals surface area contributed by atoms with Crippen LogP contribution in [0.2, 0.25) is 5.02 Å². The summed E-state index contributed by atoms with van der Waals surface area (Å²) in [5, 5.41) is 4.54. The number of rotatable bonds is 6. The lowest BCUT2D eigenvalue weighted by molar-refractivity contribution is 0.390. The monoisotopic (exact) mass is 265 g/mol. The first-order valence-corrected chi connectivity index (χ1v) is 7.64. The van der Waals surface area contributed by atoms with Crippen molar-refractivity contribution in [3.63, 3.8) is 0 Å². The molecule has 1 nitrogen and oxygen atoms in total. The Labute approximate surface area is 116 Å². The molecule has 1 unspecified atom stereocenters. The van der Waals surface area contributed by atoms with Crippen LogP contribution in [-0.4, -0.2) is 12.6 Å². The third kappa shape index (κ3) is 4.00. The molecule has 0 amide bonds. The topological polar surface area (TPSA) is 12.0 Å². The van der Waals surface area contributed by atoms with E-state index in [2.05, 4.69) is 24.4 Å². The molecule has 1 aliphatic carbocycles. The molecule has 1 saturated carbocycles. The lowest BCUT2D eigenvalue weighted by Crippen LogP contribution is -2.32. The molecular weight excluding hydrogens is 242 g/mol. The first kappa shape index (κ1) is 13.9. The lowest BCUT2D eigenvalue weighted by atomic mass is 9.94. The predicted molar refractivity (Wildman–Crippen MR) is 79.2 cm³/mol. The van der Waals surface area contributed by atoms with Crippen molar-refractivity contribution in [3.05, 3.63) is 34.9 Å². The summed E-state index contributed by atoms with van der Waals surface area (Å²) in [7, 11) is 0. The average molecular weight is 266 g/mol. The van der Waals surface area contributed by atoms with Crippen LogP contribution in [0.1, 0.15) is 44.6 Å². The second-order valence-electron chi connectivity index (χ2n) is 5.44. The number of likely N-dealkylation sites (N-methyl/N-ethyl adjacent to an activating group) is 1. The summed E-state index contributed by atoms with van der Waals surface area (Å²) in [4.78, 5) is 0. The Kier molecular flexibility index (Phi) is 5.52. The summed E-state index contributed by atoms with van der Waals surface area (Å²) < 4.78 is 0. The van der Waals surface area contributed by atoms with E-state index in [1.807, 2.05) is 12.1 Å². The second kappa shape index (κ2) is 7.16. The van der Waals surface area contributed by atoms with E-state index >= 15 is 0 Å². The van der Waals surface area contributed by atoms with E-state index in [4.69, 9.17) is 11.6 Å². The zero-order valence-electron chi connectivity index (χ0n) is 11.3. The summed E-state index contributed by atoms with van der Waals surface area (Å²) in [5.41, 5.74) is 1.28. The molecule has 0 spiro atoms. The predicted octanol–water partition coefficient (Wildman–Crippen LogP) is 4.44. The Hall–Kier alpha value is -0.530. The van der Waals surface area contributed by atoms with E-state index in [1.165, 1.54) is 37.7 Å². The Balaban J connectivity index is 1.94. The lowest BCUT2D eigenvalue weighted by Gasteiger charge is -2.22. The molecular formula is C16H24ClN. The second-order valence-corrected chi connectivity index (χ2v) is 5.84. The van der Waals surface area contributed by atoms with Crippen molar-refractivity contribution in [1.82, 2.24) is 5.32 Å². The number of hydrogen-bond donors (Lipinski definition) is 1. The summed E-state index contributed by atoms with van der Waals surface area (Å²) in [5.74, 6) is 0.927. The molecule has 1 aromatic rings. The molecule has 0 saturated heterocycles. The highest BCUT2D eigenvalue weighted by Crippen LogP contribution is 2.29. The fourth-order valence-electron chi connectivity index (χ4n) is 3.11. The molecule has 0 radical (unpaired) electrons. The zero-order chi connectivity index (χ0) is 12.8. The highest BCUT2D eigenvalue weighted by Gasteiger charge is 2.20. The molecule has 2 rings (SSSR count). The van der Waals surface area contributed by atoms with Crippen molar-refractivity contribution >= 4 is 11.6 Å². The summed E-state index contributed by atoms with van der Waals surface area (Å²) in [6, 6.07) is 8.82. The first-order chi connectivity index (χ1) is 8.79. The van der Waals surface area contributed by atoms with Gasteiger partial charge >= 0.3 is 0 Å². The van der Waals surface area contributed by atoms with Gasteiger partial charge in [0.05, 0.1) is 0 Å². The number of benzene rings is 1. The van der Waals surface area contributed by atoms with E-state index in [0.717, 1.165) is 23.9 Å². The molecule has 1 N–H and O–H groups in total. The number of halogens is 1. The smallest absolute Gasteiger partial charge is 0.0438 e. The van der Waals surface area contributed by atoms with Crippen LogP contribution in [0, 0.1) is 5.92 Å². The summed E-state index contributed by atoms with van der Waals surface area (Å²) >= 11 is 6.26. The van der Waals surface area contributed by atoms with Crippen LogP contribution < -0.4 is 5.32 Å². The van der Waals surface area contributed by atoms with Gasteiger partial charge < -0.3 is 5.32 Å². The van der Waals surface area contributed by atoms with Gasteiger partial charge in [0.25, 0.3) is 0 Å². The molecule has 1 fully saturated rings. The molecule has 2 heteroatoms. The first-order valence-electron chi connectivity index (χ1n) is 7.26. The maximum atomic E-state index is 6.26. The van der Waals surface area contributed by atoms with Gasteiger partial charge in [0.1, 0.15) is 0 Å². The van der Waals surface area contributed by atoms with Crippen LogP contribution in [0.5, 0.6) is 0 Å². The molecule has 0 heterocycles. The molecule has 100 valence electrons. The van der Waals surface area contributed by atoms with Crippen molar-refractivity contribution in [3.8, 4) is 0 Å². The van der Waals surface area contributed by atoms with Gasteiger partial charge in [-0.1, -0.05) is 62.4 Å². The SMILES string of the molecule is CCNC(Cc1ccccc1Cl)CC1CCCC1.